The van der Waals surface area contributed by atoms with Gasteiger partial charge in [-0.25, -0.2) is 0 Å². The first-order valence-corrected chi connectivity index (χ1v) is 9.16. The lowest BCUT2D eigenvalue weighted by molar-refractivity contribution is 0.250. The van der Waals surface area contributed by atoms with Gasteiger partial charge in [0.25, 0.3) is 0 Å². The molecular weight excluding hydrogens is 413 g/mol. The number of rotatable bonds is 7. The molecule has 1 aromatic rings. The molecule has 1 aliphatic rings. The average Bonchev–Trinajstić information content (AvgIpc) is 3.06. The molecule has 24 heavy (non-hydrogen) atoms. The van der Waals surface area contributed by atoms with Crippen molar-refractivity contribution in [2.24, 2.45) is 16.8 Å². The Balaban J connectivity index is 0.00000288. The highest BCUT2D eigenvalue weighted by Gasteiger charge is 2.20. The minimum atomic E-state index is 0. The molecule has 138 valence electrons. The first-order valence-electron chi connectivity index (χ1n) is 9.16. The van der Waals surface area contributed by atoms with Crippen LogP contribution in [-0.2, 0) is 6.54 Å². The van der Waals surface area contributed by atoms with Crippen molar-refractivity contribution in [2.75, 3.05) is 26.7 Å². The van der Waals surface area contributed by atoms with E-state index in [2.05, 4.69) is 36.2 Å². The Morgan fingerprint density at radius 3 is 2.71 bits per heavy atom. The molecule has 0 bridgehead atoms. The van der Waals surface area contributed by atoms with E-state index in [4.69, 9.17) is 4.99 Å². The summed E-state index contributed by atoms with van der Waals surface area (Å²) >= 11 is 0. The topological polar surface area (TPSA) is 45.5 Å². The van der Waals surface area contributed by atoms with E-state index in [-0.39, 0.29) is 24.0 Å². The van der Waals surface area contributed by atoms with Gasteiger partial charge in [0.15, 0.2) is 5.96 Å². The molecule has 0 saturated heterocycles. The zero-order chi connectivity index (χ0) is 16.5. The van der Waals surface area contributed by atoms with Crippen LogP contribution in [0.3, 0.4) is 0 Å². The quantitative estimate of drug-likeness (QED) is 0.301. The molecule has 5 nitrogen and oxygen atoms in total. The first-order chi connectivity index (χ1) is 11.2. The third kappa shape index (κ3) is 7.40. The van der Waals surface area contributed by atoms with Gasteiger partial charge in [0, 0.05) is 45.6 Å². The number of aliphatic imine (C=N–C) groups is 1. The first kappa shape index (κ1) is 21.3. The highest BCUT2D eigenvalue weighted by Crippen LogP contribution is 2.28. The van der Waals surface area contributed by atoms with Gasteiger partial charge in [-0.2, -0.15) is 5.10 Å². The molecule has 0 aromatic carbocycles. The highest BCUT2D eigenvalue weighted by molar-refractivity contribution is 14.0. The molecule has 0 radical (unpaired) electrons. The second kappa shape index (κ2) is 11.7. The largest absolute Gasteiger partial charge is 0.357 e. The number of aryl methyl sites for hydroxylation is 1. The van der Waals surface area contributed by atoms with Crippen molar-refractivity contribution in [2.45, 2.75) is 52.5 Å². The number of hydrogen-bond acceptors (Lipinski definition) is 2. The summed E-state index contributed by atoms with van der Waals surface area (Å²) in [5.74, 6) is 2.79. The summed E-state index contributed by atoms with van der Waals surface area (Å²) in [6, 6.07) is 1.96. The van der Waals surface area contributed by atoms with Crippen molar-refractivity contribution in [3.8, 4) is 0 Å². The van der Waals surface area contributed by atoms with E-state index in [0.29, 0.717) is 0 Å². The molecule has 0 amide bonds. The van der Waals surface area contributed by atoms with Crippen LogP contribution in [0.15, 0.2) is 23.5 Å². The predicted octanol–water partition coefficient (Wildman–Crippen LogP) is 3.61. The van der Waals surface area contributed by atoms with Gasteiger partial charge in [-0.1, -0.05) is 19.8 Å². The van der Waals surface area contributed by atoms with Gasteiger partial charge in [-0.3, -0.25) is 9.67 Å². The van der Waals surface area contributed by atoms with Crippen LogP contribution in [0.1, 0.15) is 46.0 Å². The van der Waals surface area contributed by atoms with Crippen molar-refractivity contribution in [3.05, 3.63) is 18.5 Å². The molecule has 1 N–H and O–H groups in total. The van der Waals surface area contributed by atoms with Gasteiger partial charge >= 0.3 is 0 Å². The fourth-order valence-electron chi connectivity index (χ4n) is 3.31. The van der Waals surface area contributed by atoms with Crippen molar-refractivity contribution >= 4 is 29.9 Å². The molecule has 1 fully saturated rings. The second-order valence-corrected chi connectivity index (χ2v) is 6.86. The number of guanidine groups is 1. The molecule has 0 aliphatic heterocycles. The third-order valence-electron chi connectivity index (χ3n) is 4.73. The van der Waals surface area contributed by atoms with E-state index >= 15 is 0 Å². The van der Waals surface area contributed by atoms with Gasteiger partial charge in [-0.15, -0.1) is 24.0 Å². The zero-order valence-electron chi connectivity index (χ0n) is 15.4. The molecule has 0 unspecified atom stereocenters. The summed E-state index contributed by atoms with van der Waals surface area (Å²) in [4.78, 5) is 7.10. The molecule has 2 rings (SSSR count). The van der Waals surface area contributed by atoms with E-state index < -0.39 is 0 Å². The lowest BCUT2D eigenvalue weighted by Crippen LogP contribution is -2.42. The summed E-state index contributed by atoms with van der Waals surface area (Å²) in [6.45, 7) is 8.33. The normalized spacial score (nSPS) is 21.2. The van der Waals surface area contributed by atoms with Crippen LogP contribution >= 0.6 is 24.0 Å². The predicted molar refractivity (Wildman–Crippen MR) is 112 cm³/mol. The van der Waals surface area contributed by atoms with Crippen LogP contribution in [0.4, 0.5) is 0 Å². The van der Waals surface area contributed by atoms with Crippen LogP contribution < -0.4 is 5.32 Å². The van der Waals surface area contributed by atoms with E-state index in [9.17, 15) is 0 Å². The number of hydrogen-bond donors (Lipinski definition) is 1. The van der Waals surface area contributed by atoms with Crippen molar-refractivity contribution in [3.63, 3.8) is 0 Å². The zero-order valence-corrected chi connectivity index (χ0v) is 17.8. The van der Waals surface area contributed by atoms with Gasteiger partial charge < -0.3 is 10.2 Å². The maximum Gasteiger partial charge on any atom is 0.193 e. The van der Waals surface area contributed by atoms with Gasteiger partial charge in [0.2, 0.25) is 0 Å². The molecule has 1 heterocycles. The minimum Gasteiger partial charge on any atom is -0.357 e. The summed E-state index contributed by atoms with van der Waals surface area (Å²) < 4.78 is 1.97. The Morgan fingerprint density at radius 1 is 1.33 bits per heavy atom. The molecule has 1 aliphatic carbocycles. The average molecular weight is 447 g/mol. The highest BCUT2D eigenvalue weighted by atomic mass is 127. The summed E-state index contributed by atoms with van der Waals surface area (Å²) in [5.41, 5.74) is 0. The van der Waals surface area contributed by atoms with Crippen LogP contribution in [0, 0.1) is 11.8 Å². The monoisotopic (exact) mass is 447 g/mol. The molecular formula is C18H34IN5. The third-order valence-corrected chi connectivity index (χ3v) is 4.73. The number of aromatic nitrogens is 2. The summed E-state index contributed by atoms with van der Waals surface area (Å²) in [6.07, 6.45) is 10.4. The van der Waals surface area contributed by atoms with E-state index in [0.717, 1.165) is 50.4 Å². The van der Waals surface area contributed by atoms with E-state index in [1.54, 1.807) is 0 Å². The lowest BCUT2D eigenvalue weighted by Gasteiger charge is -2.31. The Hall–Kier alpha value is -0.790. The SMILES string of the molecule is CCNC(=NCCCn1cccn1)N(C)CC1CCC(C)CC1.I. The standard InChI is InChI=1S/C18H33N5.HI/c1-4-19-18(20-11-5-13-23-14-6-12-21-23)22(3)15-17-9-7-16(2)8-10-17;/h6,12,14,16-17H,4-5,7-11,13,15H2,1-3H3,(H,19,20);1H. The van der Waals surface area contributed by atoms with Crippen LogP contribution in [0.25, 0.3) is 0 Å². The maximum atomic E-state index is 4.78. The number of nitrogens with one attached hydrogen (secondary N) is 1. The Morgan fingerprint density at radius 2 is 2.08 bits per heavy atom. The van der Waals surface area contributed by atoms with Crippen LogP contribution in [0.5, 0.6) is 0 Å². The van der Waals surface area contributed by atoms with Gasteiger partial charge in [-0.05, 0) is 44.1 Å². The van der Waals surface area contributed by atoms with Crippen LogP contribution in [0.2, 0.25) is 0 Å². The maximum absolute atomic E-state index is 4.78. The molecule has 0 spiro atoms. The Labute approximate surface area is 164 Å². The van der Waals surface area contributed by atoms with Crippen molar-refractivity contribution in [1.82, 2.24) is 20.0 Å². The van der Waals surface area contributed by atoms with E-state index in [1.807, 2.05) is 23.1 Å². The second-order valence-electron chi connectivity index (χ2n) is 6.86. The molecule has 0 atom stereocenters. The minimum absolute atomic E-state index is 0. The van der Waals surface area contributed by atoms with E-state index in [1.165, 1.54) is 25.7 Å². The fraction of sp³-hybridized carbons (Fsp3) is 0.778. The molecule has 1 aromatic heterocycles. The lowest BCUT2D eigenvalue weighted by atomic mass is 9.83. The molecule has 1 saturated carbocycles. The molecule has 6 heteroatoms. The van der Waals surface area contributed by atoms with Crippen molar-refractivity contribution < 1.29 is 0 Å². The number of halogens is 1. The van der Waals surface area contributed by atoms with Gasteiger partial charge in [0.05, 0.1) is 0 Å². The summed E-state index contributed by atoms with van der Waals surface area (Å²) in [5, 5.41) is 7.66. The summed E-state index contributed by atoms with van der Waals surface area (Å²) in [7, 11) is 2.17. The van der Waals surface area contributed by atoms with Crippen LogP contribution in [-0.4, -0.2) is 47.3 Å². The fourth-order valence-corrected chi connectivity index (χ4v) is 3.31. The van der Waals surface area contributed by atoms with Crippen molar-refractivity contribution in [1.29, 1.82) is 0 Å². The Bertz CT molecular complexity index is 452. The smallest absolute Gasteiger partial charge is 0.193 e. The van der Waals surface area contributed by atoms with Gasteiger partial charge in [0.1, 0.15) is 0 Å². The number of nitrogens with zero attached hydrogens (tertiary/aromatic N) is 4. The Kier molecular flexibility index (Phi) is 10.4.